The number of nitriles is 1. The molecule has 0 aromatic heterocycles. The van der Waals surface area contributed by atoms with Crippen molar-refractivity contribution in [2.45, 2.75) is 38.3 Å². The molecule has 1 aromatic rings. The second kappa shape index (κ2) is 6.65. The summed E-state index contributed by atoms with van der Waals surface area (Å²) in [6.45, 7) is 1.93. The van der Waals surface area contributed by atoms with Crippen LogP contribution in [0.4, 0.5) is 4.39 Å². The molecule has 3 nitrogen and oxygen atoms in total. The van der Waals surface area contributed by atoms with E-state index in [0.717, 1.165) is 37.8 Å². The summed E-state index contributed by atoms with van der Waals surface area (Å²) >= 11 is 0. The molecule has 0 radical (unpaired) electrons. The number of halogens is 1. The van der Waals surface area contributed by atoms with E-state index in [-0.39, 0.29) is 12.4 Å². The lowest BCUT2D eigenvalue weighted by atomic mass is 10.1. The van der Waals surface area contributed by atoms with Crippen LogP contribution in [0.25, 0.3) is 0 Å². The topological polar surface area (TPSA) is 47.3 Å². The lowest BCUT2D eigenvalue weighted by Gasteiger charge is -2.24. The van der Waals surface area contributed by atoms with E-state index in [2.05, 4.69) is 11.0 Å². The zero-order valence-electron chi connectivity index (χ0n) is 11.0. The van der Waals surface area contributed by atoms with E-state index in [1.165, 1.54) is 12.1 Å². The third-order valence-electron chi connectivity index (χ3n) is 3.76. The molecular weight excluding hydrogens is 243 g/mol. The average molecular weight is 262 g/mol. The van der Waals surface area contributed by atoms with Gasteiger partial charge in [0.2, 0.25) is 0 Å². The minimum Gasteiger partial charge on any atom is -0.396 e. The standard InChI is InChI=1S/C15H19FN2O/c16-14-6-5-12(13(9-14)10-17)11-18-7-1-3-15(18)4-2-8-19/h5-6,9,15,19H,1-4,7-8,11H2. The van der Waals surface area contributed by atoms with E-state index in [0.29, 0.717) is 18.2 Å². The van der Waals surface area contributed by atoms with Gasteiger partial charge in [-0.3, -0.25) is 4.90 Å². The largest absolute Gasteiger partial charge is 0.396 e. The molecular formula is C15H19FN2O. The van der Waals surface area contributed by atoms with Gasteiger partial charge >= 0.3 is 0 Å². The second-order valence-corrected chi connectivity index (χ2v) is 5.05. The SMILES string of the molecule is N#Cc1cc(F)ccc1CN1CCCC1CCCO. The minimum absolute atomic E-state index is 0.227. The molecule has 1 heterocycles. The van der Waals surface area contributed by atoms with Crippen LogP contribution in [0.2, 0.25) is 0 Å². The van der Waals surface area contributed by atoms with Gasteiger partial charge in [0.15, 0.2) is 0 Å². The van der Waals surface area contributed by atoms with Crippen molar-refractivity contribution >= 4 is 0 Å². The number of likely N-dealkylation sites (tertiary alicyclic amines) is 1. The fraction of sp³-hybridized carbons (Fsp3) is 0.533. The maximum atomic E-state index is 13.1. The Kier molecular flexibility index (Phi) is 4.89. The molecule has 0 aliphatic carbocycles. The molecule has 1 N–H and O–H groups in total. The van der Waals surface area contributed by atoms with E-state index in [1.54, 1.807) is 6.07 Å². The Morgan fingerprint density at radius 3 is 3.05 bits per heavy atom. The Morgan fingerprint density at radius 2 is 2.32 bits per heavy atom. The first-order valence-electron chi connectivity index (χ1n) is 6.78. The van der Waals surface area contributed by atoms with Crippen LogP contribution < -0.4 is 0 Å². The van der Waals surface area contributed by atoms with Gasteiger partial charge in [0.1, 0.15) is 5.82 Å². The maximum absolute atomic E-state index is 13.1. The molecule has 0 saturated carbocycles. The summed E-state index contributed by atoms with van der Waals surface area (Å²) in [4.78, 5) is 2.34. The van der Waals surface area contributed by atoms with Gasteiger partial charge in [-0.1, -0.05) is 6.07 Å². The van der Waals surface area contributed by atoms with Crippen molar-refractivity contribution in [1.29, 1.82) is 5.26 Å². The number of rotatable bonds is 5. The molecule has 1 atom stereocenters. The van der Waals surface area contributed by atoms with E-state index >= 15 is 0 Å². The van der Waals surface area contributed by atoms with Gasteiger partial charge in [0, 0.05) is 19.2 Å². The third kappa shape index (κ3) is 3.52. The van der Waals surface area contributed by atoms with Crippen LogP contribution in [0.5, 0.6) is 0 Å². The molecule has 1 aromatic carbocycles. The predicted octanol–water partition coefficient (Wildman–Crippen LogP) is 2.43. The summed E-state index contributed by atoms with van der Waals surface area (Å²) in [6, 6.07) is 6.95. The Labute approximate surface area is 113 Å². The Bertz CT molecular complexity index is 470. The number of aliphatic hydroxyl groups is 1. The Hall–Kier alpha value is -1.44. The molecule has 0 amide bonds. The average Bonchev–Trinajstić information content (AvgIpc) is 2.85. The van der Waals surface area contributed by atoms with E-state index in [4.69, 9.17) is 10.4 Å². The van der Waals surface area contributed by atoms with Crippen LogP contribution >= 0.6 is 0 Å². The van der Waals surface area contributed by atoms with Gasteiger partial charge in [0.25, 0.3) is 0 Å². The van der Waals surface area contributed by atoms with Crippen LogP contribution in [0.15, 0.2) is 18.2 Å². The quantitative estimate of drug-likeness (QED) is 0.886. The second-order valence-electron chi connectivity index (χ2n) is 5.05. The van der Waals surface area contributed by atoms with Crippen molar-refractivity contribution in [3.05, 3.63) is 35.1 Å². The van der Waals surface area contributed by atoms with Crippen molar-refractivity contribution in [1.82, 2.24) is 4.90 Å². The first-order valence-corrected chi connectivity index (χ1v) is 6.78. The smallest absolute Gasteiger partial charge is 0.124 e. The summed E-state index contributed by atoms with van der Waals surface area (Å²) < 4.78 is 13.1. The Balaban J connectivity index is 2.06. The van der Waals surface area contributed by atoms with Crippen LogP contribution in [-0.4, -0.2) is 29.2 Å². The fourth-order valence-corrected chi connectivity index (χ4v) is 2.77. The van der Waals surface area contributed by atoms with Gasteiger partial charge in [-0.15, -0.1) is 0 Å². The van der Waals surface area contributed by atoms with Gasteiger partial charge in [0.05, 0.1) is 11.6 Å². The highest BCUT2D eigenvalue weighted by Gasteiger charge is 2.24. The summed E-state index contributed by atoms with van der Waals surface area (Å²) in [7, 11) is 0. The monoisotopic (exact) mass is 262 g/mol. The molecule has 0 spiro atoms. The molecule has 1 aliphatic rings. The third-order valence-corrected chi connectivity index (χ3v) is 3.76. The maximum Gasteiger partial charge on any atom is 0.124 e. The highest BCUT2D eigenvalue weighted by atomic mass is 19.1. The highest BCUT2D eigenvalue weighted by molar-refractivity contribution is 5.37. The lowest BCUT2D eigenvalue weighted by Crippen LogP contribution is -2.29. The summed E-state index contributed by atoms with van der Waals surface area (Å²) in [6.07, 6.45) is 4.09. The van der Waals surface area contributed by atoms with Crippen LogP contribution in [0.3, 0.4) is 0 Å². The molecule has 1 fully saturated rings. The molecule has 1 unspecified atom stereocenters. The van der Waals surface area contributed by atoms with Crippen molar-refractivity contribution < 1.29 is 9.50 Å². The molecule has 2 rings (SSSR count). The van der Waals surface area contributed by atoms with Crippen LogP contribution in [-0.2, 0) is 6.54 Å². The zero-order chi connectivity index (χ0) is 13.7. The minimum atomic E-state index is -0.362. The van der Waals surface area contributed by atoms with E-state index < -0.39 is 0 Å². The van der Waals surface area contributed by atoms with Gasteiger partial charge in [-0.2, -0.15) is 5.26 Å². The number of hydrogen-bond donors (Lipinski definition) is 1. The molecule has 0 bridgehead atoms. The first kappa shape index (κ1) is 14.0. The fourth-order valence-electron chi connectivity index (χ4n) is 2.77. The van der Waals surface area contributed by atoms with Crippen molar-refractivity contribution in [3.63, 3.8) is 0 Å². The summed E-state index contributed by atoms with van der Waals surface area (Å²) in [5.41, 5.74) is 1.31. The first-order chi connectivity index (χ1) is 9.24. The van der Waals surface area contributed by atoms with Crippen LogP contribution in [0.1, 0.15) is 36.8 Å². The van der Waals surface area contributed by atoms with Gasteiger partial charge in [-0.05, 0) is 49.9 Å². The van der Waals surface area contributed by atoms with Crippen LogP contribution in [0, 0.1) is 17.1 Å². The Morgan fingerprint density at radius 1 is 1.47 bits per heavy atom. The van der Waals surface area contributed by atoms with Crippen molar-refractivity contribution in [2.75, 3.05) is 13.2 Å². The normalized spacial score (nSPS) is 19.5. The highest BCUT2D eigenvalue weighted by Crippen LogP contribution is 2.24. The molecule has 1 aliphatic heterocycles. The zero-order valence-corrected chi connectivity index (χ0v) is 11.0. The molecule has 102 valence electrons. The van der Waals surface area contributed by atoms with Crippen molar-refractivity contribution in [3.8, 4) is 6.07 Å². The predicted molar refractivity (Wildman–Crippen MR) is 70.9 cm³/mol. The molecule has 19 heavy (non-hydrogen) atoms. The number of aliphatic hydroxyl groups excluding tert-OH is 1. The number of benzene rings is 1. The number of hydrogen-bond acceptors (Lipinski definition) is 3. The van der Waals surface area contributed by atoms with Gasteiger partial charge in [-0.25, -0.2) is 4.39 Å². The van der Waals surface area contributed by atoms with E-state index in [1.807, 2.05) is 0 Å². The van der Waals surface area contributed by atoms with Crippen molar-refractivity contribution in [2.24, 2.45) is 0 Å². The van der Waals surface area contributed by atoms with Gasteiger partial charge < -0.3 is 5.11 Å². The lowest BCUT2D eigenvalue weighted by molar-refractivity contribution is 0.210. The molecule has 1 saturated heterocycles. The molecule has 4 heteroatoms. The van der Waals surface area contributed by atoms with E-state index in [9.17, 15) is 4.39 Å². The number of nitrogens with zero attached hydrogens (tertiary/aromatic N) is 2. The summed E-state index contributed by atoms with van der Waals surface area (Å²) in [5.74, 6) is -0.362. The summed E-state index contributed by atoms with van der Waals surface area (Å²) in [5, 5.41) is 18.0.